The minimum Gasteiger partial charge on any atom is -0.465 e. The number of carbonyl (C=O) groups excluding carboxylic acids is 2. The van der Waals surface area contributed by atoms with E-state index in [9.17, 15) is 18.4 Å². The SMILES string of the molecule is COC(=O)c1cc(C)c(C=O)c(F)c1F. The van der Waals surface area contributed by atoms with E-state index in [-0.39, 0.29) is 17.4 Å². The van der Waals surface area contributed by atoms with Gasteiger partial charge >= 0.3 is 5.97 Å². The molecule has 5 heteroatoms. The fraction of sp³-hybridized carbons (Fsp3) is 0.200. The van der Waals surface area contributed by atoms with E-state index in [4.69, 9.17) is 0 Å². The zero-order chi connectivity index (χ0) is 11.6. The molecule has 15 heavy (non-hydrogen) atoms. The van der Waals surface area contributed by atoms with Gasteiger partial charge in [-0.3, -0.25) is 4.79 Å². The predicted molar refractivity (Wildman–Crippen MR) is 47.8 cm³/mol. The van der Waals surface area contributed by atoms with Gasteiger partial charge in [-0.1, -0.05) is 0 Å². The fourth-order valence-corrected chi connectivity index (χ4v) is 1.17. The van der Waals surface area contributed by atoms with Crippen LogP contribution in [0.15, 0.2) is 6.07 Å². The van der Waals surface area contributed by atoms with E-state index in [1.165, 1.54) is 6.92 Å². The molecule has 0 atom stereocenters. The Morgan fingerprint density at radius 2 is 2.00 bits per heavy atom. The molecule has 0 spiro atoms. The summed E-state index contributed by atoms with van der Waals surface area (Å²) in [6.07, 6.45) is 0.203. The second kappa shape index (κ2) is 4.16. The molecule has 1 aromatic carbocycles. The van der Waals surface area contributed by atoms with E-state index in [0.717, 1.165) is 13.2 Å². The fourth-order valence-electron chi connectivity index (χ4n) is 1.17. The van der Waals surface area contributed by atoms with Crippen LogP contribution in [0.2, 0.25) is 0 Å². The van der Waals surface area contributed by atoms with Gasteiger partial charge in [0, 0.05) is 0 Å². The number of methoxy groups -OCH3 is 1. The van der Waals surface area contributed by atoms with Gasteiger partial charge < -0.3 is 4.74 Å². The van der Waals surface area contributed by atoms with Crippen molar-refractivity contribution in [2.24, 2.45) is 0 Å². The maximum Gasteiger partial charge on any atom is 0.340 e. The van der Waals surface area contributed by atoms with Crippen LogP contribution in [0, 0.1) is 18.6 Å². The number of benzene rings is 1. The third kappa shape index (κ3) is 1.86. The molecule has 80 valence electrons. The van der Waals surface area contributed by atoms with E-state index >= 15 is 0 Å². The Hall–Kier alpha value is -1.78. The molecular weight excluding hydrogens is 206 g/mol. The molecule has 0 heterocycles. The smallest absolute Gasteiger partial charge is 0.340 e. The molecule has 0 radical (unpaired) electrons. The minimum absolute atomic E-state index is 0.185. The largest absolute Gasteiger partial charge is 0.465 e. The summed E-state index contributed by atoms with van der Waals surface area (Å²) in [5.74, 6) is -3.67. The van der Waals surface area contributed by atoms with Crippen LogP contribution < -0.4 is 0 Å². The van der Waals surface area contributed by atoms with E-state index < -0.39 is 23.2 Å². The first kappa shape index (κ1) is 11.3. The maximum atomic E-state index is 13.2. The van der Waals surface area contributed by atoms with E-state index in [2.05, 4.69) is 4.74 Å². The van der Waals surface area contributed by atoms with E-state index in [0.29, 0.717) is 0 Å². The van der Waals surface area contributed by atoms with Gasteiger partial charge in [0.15, 0.2) is 17.9 Å². The number of rotatable bonds is 2. The first-order valence-corrected chi connectivity index (χ1v) is 4.05. The molecule has 0 fully saturated rings. The van der Waals surface area contributed by atoms with E-state index in [1.54, 1.807) is 0 Å². The van der Waals surface area contributed by atoms with Crippen molar-refractivity contribution in [2.75, 3.05) is 7.11 Å². The summed E-state index contributed by atoms with van der Waals surface area (Å²) in [4.78, 5) is 21.4. The molecule has 0 aromatic heterocycles. The topological polar surface area (TPSA) is 43.4 Å². The Bertz CT molecular complexity index is 427. The Balaban J connectivity index is 3.47. The molecule has 0 aliphatic heterocycles. The second-order valence-corrected chi connectivity index (χ2v) is 2.89. The van der Waals surface area contributed by atoms with Gasteiger partial charge in [0.25, 0.3) is 0 Å². The van der Waals surface area contributed by atoms with Gasteiger partial charge in [-0.2, -0.15) is 0 Å². The molecule has 0 N–H and O–H groups in total. The van der Waals surface area contributed by atoms with Crippen molar-refractivity contribution in [1.29, 1.82) is 0 Å². The van der Waals surface area contributed by atoms with Crippen LogP contribution in [0.1, 0.15) is 26.3 Å². The van der Waals surface area contributed by atoms with Crippen LogP contribution in [0.25, 0.3) is 0 Å². The number of aryl methyl sites for hydroxylation is 1. The number of hydrogen-bond acceptors (Lipinski definition) is 3. The second-order valence-electron chi connectivity index (χ2n) is 2.89. The highest BCUT2D eigenvalue weighted by Gasteiger charge is 2.20. The van der Waals surface area contributed by atoms with Crippen molar-refractivity contribution in [2.45, 2.75) is 6.92 Å². The molecule has 0 unspecified atom stereocenters. The van der Waals surface area contributed by atoms with Crippen LogP contribution in [0.5, 0.6) is 0 Å². The third-order valence-electron chi connectivity index (χ3n) is 1.97. The molecule has 0 saturated carbocycles. The Morgan fingerprint density at radius 1 is 1.40 bits per heavy atom. The Kier molecular flexibility index (Phi) is 3.14. The van der Waals surface area contributed by atoms with Crippen LogP contribution >= 0.6 is 0 Å². The highest BCUT2D eigenvalue weighted by molar-refractivity contribution is 5.91. The molecule has 0 saturated heterocycles. The third-order valence-corrected chi connectivity index (χ3v) is 1.97. The van der Waals surface area contributed by atoms with Crippen LogP contribution in [0.4, 0.5) is 8.78 Å². The average molecular weight is 214 g/mol. The Morgan fingerprint density at radius 3 is 2.47 bits per heavy atom. The molecular formula is C10H8F2O3. The van der Waals surface area contributed by atoms with Crippen LogP contribution in [-0.2, 0) is 4.74 Å². The molecule has 0 amide bonds. The number of aldehydes is 1. The van der Waals surface area contributed by atoms with Crippen LogP contribution in [-0.4, -0.2) is 19.4 Å². The molecule has 3 nitrogen and oxygen atoms in total. The van der Waals surface area contributed by atoms with Crippen LogP contribution in [0.3, 0.4) is 0 Å². The standard InChI is InChI=1S/C10H8F2O3/c1-5-3-6(10(14)15-2)8(11)9(12)7(5)4-13/h3-4H,1-2H3. The lowest BCUT2D eigenvalue weighted by Crippen LogP contribution is -2.09. The van der Waals surface area contributed by atoms with E-state index in [1.807, 2.05) is 0 Å². The number of carbonyl (C=O) groups is 2. The number of halogens is 2. The van der Waals surface area contributed by atoms with Crippen molar-refractivity contribution in [3.63, 3.8) is 0 Å². The maximum absolute atomic E-state index is 13.2. The quantitative estimate of drug-likeness (QED) is 0.557. The summed E-state index contributed by atoms with van der Waals surface area (Å²) in [6.45, 7) is 1.40. The summed E-state index contributed by atoms with van der Waals surface area (Å²) in [5.41, 5.74) is -0.720. The first-order chi connectivity index (χ1) is 7.02. The number of esters is 1. The average Bonchev–Trinajstić information content (AvgIpc) is 2.23. The van der Waals surface area contributed by atoms with Gasteiger partial charge in [0.2, 0.25) is 0 Å². The zero-order valence-corrected chi connectivity index (χ0v) is 8.14. The highest BCUT2D eigenvalue weighted by Crippen LogP contribution is 2.19. The molecule has 1 rings (SSSR count). The van der Waals surface area contributed by atoms with Gasteiger partial charge in [-0.25, -0.2) is 13.6 Å². The molecule has 0 aliphatic rings. The summed E-state index contributed by atoms with van der Waals surface area (Å²) < 4.78 is 30.7. The van der Waals surface area contributed by atoms with Crippen molar-refractivity contribution in [3.05, 3.63) is 34.4 Å². The van der Waals surface area contributed by atoms with Crippen molar-refractivity contribution in [3.8, 4) is 0 Å². The lowest BCUT2D eigenvalue weighted by atomic mass is 10.0. The number of hydrogen-bond donors (Lipinski definition) is 0. The molecule has 0 bridgehead atoms. The minimum atomic E-state index is -1.37. The zero-order valence-electron chi connectivity index (χ0n) is 8.14. The van der Waals surface area contributed by atoms with Crippen molar-refractivity contribution < 1.29 is 23.1 Å². The van der Waals surface area contributed by atoms with Gasteiger partial charge in [-0.15, -0.1) is 0 Å². The first-order valence-electron chi connectivity index (χ1n) is 4.05. The lowest BCUT2D eigenvalue weighted by molar-refractivity contribution is 0.0593. The normalized spacial score (nSPS) is 9.87. The monoisotopic (exact) mass is 214 g/mol. The Labute approximate surface area is 84.7 Å². The predicted octanol–water partition coefficient (Wildman–Crippen LogP) is 1.87. The van der Waals surface area contributed by atoms with Gasteiger partial charge in [0.05, 0.1) is 18.2 Å². The molecule has 1 aromatic rings. The summed E-state index contributed by atoms with van der Waals surface area (Å²) in [5, 5.41) is 0. The summed E-state index contributed by atoms with van der Waals surface area (Å²) >= 11 is 0. The summed E-state index contributed by atoms with van der Waals surface area (Å²) in [7, 11) is 1.06. The molecule has 0 aliphatic carbocycles. The number of ether oxygens (including phenoxy) is 1. The lowest BCUT2D eigenvalue weighted by Gasteiger charge is -2.06. The van der Waals surface area contributed by atoms with Gasteiger partial charge in [0.1, 0.15) is 0 Å². The van der Waals surface area contributed by atoms with Crippen molar-refractivity contribution >= 4 is 12.3 Å². The highest BCUT2D eigenvalue weighted by atomic mass is 19.2. The summed E-state index contributed by atoms with van der Waals surface area (Å²) in [6, 6.07) is 1.08. The van der Waals surface area contributed by atoms with Gasteiger partial charge in [-0.05, 0) is 18.6 Å². The van der Waals surface area contributed by atoms with Crippen molar-refractivity contribution in [1.82, 2.24) is 0 Å².